The summed E-state index contributed by atoms with van der Waals surface area (Å²) >= 11 is 0. The van der Waals surface area contributed by atoms with Gasteiger partial charge in [0.2, 0.25) is 5.88 Å². The lowest BCUT2D eigenvalue weighted by molar-refractivity contribution is 0.451. The van der Waals surface area contributed by atoms with Gasteiger partial charge >= 0.3 is 0 Å². The van der Waals surface area contributed by atoms with E-state index in [4.69, 9.17) is 18.9 Å². The molecule has 0 saturated carbocycles. The van der Waals surface area contributed by atoms with E-state index in [1.54, 1.807) is 0 Å². The molecular weight excluding hydrogens is 665 g/mol. The molecule has 53 heavy (non-hydrogen) atoms. The molecule has 0 unspecified atom stereocenters. The van der Waals surface area contributed by atoms with Crippen LogP contribution in [0.15, 0.2) is 186 Å². The van der Waals surface area contributed by atoms with E-state index in [9.17, 15) is 0 Å². The summed E-state index contributed by atoms with van der Waals surface area (Å²) in [5.41, 5.74) is 6.48. The Morgan fingerprint density at radius 2 is 0.981 bits per heavy atom. The molecule has 4 heterocycles. The SMILES string of the molecule is c1ccc([Si](c2ccccc2)(c2ccccc2)c2cccc3c2oc2c(-c4cc5c6c(n4)Oc4ccccc4B6c4ccccc4O5)cccc23)cc1. The Labute approximate surface area is 308 Å². The summed E-state index contributed by atoms with van der Waals surface area (Å²) in [6.07, 6.45) is 0. The van der Waals surface area contributed by atoms with E-state index in [-0.39, 0.29) is 6.71 Å². The van der Waals surface area contributed by atoms with Crippen molar-refractivity contribution in [1.29, 1.82) is 0 Å². The second-order valence-electron chi connectivity index (χ2n) is 13.8. The van der Waals surface area contributed by atoms with Gasteiger partial charge in [-0.25, -0.2) is 4.98 Å². The molecule has 2 aliphatic rings. The lowest BCUT2D eigenvalue weighted by Gasteiger charge is -2.34. The molecule has 0 atom stereocenters. The van der Waals surface area contributed by atoms with Gasteiger partial charge in [-0.3, -0.25) is 0 Å². The maximum atomic E-state index is 7.22. The predicted octanol–water partition coefficient (Wildman–Crippen LogP) is 6.75. The Kier molecular flexibility index (Phi) is 6.63. The minimum atomic E-state index is -2.88. The van der Waals surface area contributed by atoms with Crippen LogP contribution in [0.2, 0.25) is 0 Å². The number of fused-ring (bicyclic) bond motifs is 7. The van der Waals surface area contributed by atoms with E-state index >= 15 is 0 Å². The molecule has 9 aromatic rings. The lowest BCUT2D eigenvalue weighted by Crippen LogP contribution is -2.74. The van der Waals surface area contributed by atoms with Crippen molar-refractivity contribution in [3.63, 3.8) is 0 Å². The highest BCUT2D eigenvalue weighted by molar-refractivity contribution is 7.20. The molecule has 0 N–H and O–H groups in total. The first-order chi connectivity index (χ1) is 26.3. The van der Waals surface area contributed by atoms with Gasteiger partial charge in [0.1, 0.15) is 28.4 Å². The van der Waals surface area contributed by atoms with Crippen LogP contribution in [0.4, 0.5) is 0 Å². The third-order valence-electron chi connectivity index (χ3n) is 11.0. The topological polar surface area (TPSA) is 44.5 Å². The molecule has 0 spiro atoms. The largest absolute Gasteiger partial charge is 0.458 e. The predicted molar refractivity (Wildman–Crippen MR) is 218 cm³/mol. The van der Waals surface area contributed by atoms with Gasteiger partial charge < -0.3 is 13.9 Å². The molecule has 0 amide bonds. The van der Waals surface area contributed by atoms with Gasteiger partial charge in [0.25, 0.3) is 6.71 Å². The Hall–Kier alpha value is -6.63. The summed E-state index contributed by atoms with van der Waals surface area (Å²) < 4.78 is 20.4. The second kappa shape index (κ2) is 11.7. The van der Waals surface area contributed by atoms with Gasteiger partial charge in [0.05, 0.1) is 5.69 Å². The number of ether oxygens (including phenoxy) is 2. The van der Waals surface area contributed by atoms with E-state index in [0.717, 1.165) is 66.8 Å². The monoisotopic (exact) mass is 695 g/mol. The lowest BCUT2D eigenvalue weighted by atomic mass is 9.35. The standard InChI is InChI=1S/C47H30BNO3Si/c1-4-16-31(17-5-1)53(32-18-6-2-7-19-32,33-20-8-3-9-21-33)43-29-15-23-35-34-22-14-24-36(45(34)52-46(35)43)39-30-42-44-47(49-39)51-41-28-13-11-26-38(41)48(44)37-25-10-12-27-40(37)50-42/h1-30H. The molecule has 11 rings (SSSR count). The van der Waals surface area contributed by atoms with Crippen LogP contribution in [0.1, 0.15) is 0 Å². The normalized spacial score (nSPS) is 12.8. The van der Waals surface area contributed by atoms with Crippen molar-refractivity contribution in [1.82, 2.24) is 4.98 Å². The minimum absolute atomic E-state index is 0.0342. The van der Waals surface area contributed by atoms with Gasteiger partial charge in [-0.2, -0.15) is 0 Å². The molecule has 0 radical (unpaired) electrons. The molecule has 0 bridgehead atoms. The Bertz CT molecular complexity index is 2690. The summed E-state index contributed by atoms with van der Waals surface area (Å²) in [5.74, 6) is 2.97. The molecule has 4 nitrogen and oxygen atoms in total. The van der Waals surface area contributed by atoms with Crippen molar-refractivity contribution >= 4 is 73.9 Å². The fourth-order valence-electron chi connectivity index (χ4n) is 8.75. The van der Waals surface area contributed by atoms with Crippen LogP contribution in [0.3, 0.4) is 0 Å². The zero-order chi connectivity index (χ0) is 34.9. The molecule has 6 heteroatoms. The van der Waals surface area contributed by atoms with Crippen molar-refractivity contribution in [3.05, 3.63) is 182 Å². The van der Waals surface area contributed by atoms with Gasteiger partial charge in [-0.05, 0) is 49.9 Å². The highest BCUT2D eigenvalue weighted by Crippen LogP contribution is 2.40. The zero-order valence-electron chi connectivity index (χ0n) is 28.6. The third kappa shape index (κ3) is 4.39. The summed E-state index contributed by atoms with van der Waals surface area (Å²) in [5, 5.41) is 7.21. The summed E-state index contributed by atoms with van der Waals surface area (Å²) in [6.45, 7) is -0.0342. The van der Waals surface area contributed by atoms with Crippen LogP contribution >= 0.6 is 0 Å². The number of benzene rings is 7. The molecule has 0 saturated heterocycles. The zero-order valence-corrected chi connectivity index (χ0v) is 29.6. The van der Waals surface area contributed by atoms with Crippen LogP contribution in [-0.4, -0.2) is 19.8 Å². The molecule has 7 aromatic carbocycles. The van der Waals surface area contributed by atoms with E-state index in [2.05, 4.69) is 158 Å². The molecule has 0 aliphatic carbocycles. The summed E-state index contributed by atoms with van der Waals surface area (Å²) in [6, 6.07) is 64.4. The molecular formula is C47H30BNO3Si. The number of para-hydroxylation sites is 4. The summed E-state index contributed by atoms with van der Waals surface area (Å²) in [7, 11) is -2.88. The number of hydrogen-bond donors (Lipinski definition) is 0. The molecule has 2 aromatic heterocycles. The van der Waals surface area contributed by atoms with Gasteiger partial charge in [0.15, 0.2) is 8.07 Å². The van der Waals surface area contributed by atoms with E-state index in [0.29, 0.717) is 5.88 Å². The smallest absolute Gasteiger partial charge is 0.262 e. The second-order valence-corrected chi connectivity index (χ2v) is 17.5. The van der Waals surface area contributed by atoms with Gasteiger partial charge in [0, 0.05) is 27.9 Å². The van der Waals surface area contributed by atoms with Crippen LogP contribution in [-0.2, 0) is 0 Å². The maximum Gasteiger partial charge on any atom is 0.262 e. The fraction of sp³-hybridized carbons (Fsp3) is 0. The molecule has 0 fully saturated rings. The first-order valence-corrected chi connectivity index (χ1v) is 20.0. The van der Waals surface area contributed by atoms with Crippen LogP contribution < -0.4 is 46.6 Å². The average Bonchev–Trinajstić information content (AvgIpc) is 3.62. The minimum Gasteiger partial charge on any atom is -0.458 e. The van der Waals surface area contributed by atoms with Crippen molar-refractivity contribution in [3.8, 4) is 34.4 Å². The van der Waals surface area contributed by atoms with Crippen molar-refractivity contribution in [2.24, 2.45) is 0 Å². The van der Waals surface area contributed by atoms with Crippen molar-refractivity contribution in [2.75, 3.05) is 0 Å². The Morgan fingerprint density at radius 3 is 1.60 bits per heavy atom. The first kappa shape index (κ1) is 30.0. The van der Waals surface area contributed by atoms with Crippen LogP contribution in [0.25, 0.3) is 33.2 Å². The fourth-order valence-corrected chi connectivity index (χ4v) is 13.6. The van der Waals surface area contributed by atoms with Crippen molar-refractivity contribution in [2.45, 2.75) is 0 Å². The number of rotatable bonds is 5. The van der Waals surface area contributed by atoms with Crippen molar-refractivity contribution < 1.29 is 13.9 Å². The first-order valence-electron chi connectivity index (χ1n) is 18.0. The molecule has 2 aliphatic heterocycles. The number of hydrogen-bond acceptors (Lipinski definition) is 4. The average molecular weight is 696 g/mol. The van der Waals surface area contributed by atoms with E-state index < -0.39 is 8.07 Å². The highest BCUT2D eigenvalue weighted by atomic mass is 28.3. The number of pyridine rings is 1. The van der Waals surface area contributed by atoms with E-state index in [1.165, 1.54) is 20.7 Å². The van der Waals surface area contributed by atoms with Crippen LogP contribution in [0, 0.1) is 0 Å². The maximum absolute atomic E-state index is 7.22. The van der Waals surface area contributed by atoms with Gasteiger partial charge in [-0.15, -0.1) is 0 Å². The van der Waals surface area contributed by atoms with Gasteiger partial charge in [-0.1, -0.05) is 158 Å². The Morgan fingerprint density at radius 1 is 0.453 bits per heavy atom. The summed E-state index contributed by atoms with van der Waals surface area (Å²) in [4.78, 5) is 5.23. The Balaban J connectivity index is 1.17. The third-order valence-corrected chi connectivity index (χ3v) is 15.8. The number of aromatic nitrogens is 1. The van der Waals surface area contributed by atoms with Crippen LogP contribution in [0.5, 0.6) is 23.1 Å². The quantitative estimate of drug-likeness (QED) is 0.148. The highest BCUT2D eigenvalue weighted by Gasteiger charge is 2.44. The number of furan rings is 1. The van der Waals surface area contributed by atoms with E-state index in [1.807, 2.05) is 24.3 Å². The molecule has 248 valence electrons. The number of nitrogens with zero attached hydrogens (tertiary/aromatic N) is 1.